The second kappa shape index (κ2) is 3.21. The number of carbonyl (C=O) groups excluding carboxylic acids is 1. The number of pyridine rings is 1. The van der Waals surface area contributed by atoms with E-state index in [1.54, 1.807) is 29.1 Å². The first-order chi connectivity index (χ1) is 6.68. The SMILES string of the molecule is CC(C)C(=O)c1ccc2nncn2c1. The Morgan fingerprint density at radius 1 is 1.43 bits per heavy atom. The molecule has 2 heterocycles. The summed E-state index contributed by atoms with van der Waals surface area (Å²) in [7, 11) is 0. The lowest BCUT2D eigenvalue weighted by atomic mass is 10.0. The normalized spacial score (nSPS) is 11.1. The predicted molar refractivity (Wildman–Crippen MR) is 52.2 cm³/mol. The topological polar surface area (TPSA) is 47.3 Å². The highest BCUT2D eigenvalue weighted by molar-refractivity contribution is 5.97. The lowest BCUT2D eigenvalue weighted by molar-refractivity contribution is 0.0939. The molecule has 4 heteroatoms. The van der Waals surface area contributed by atoms with Crippen molar-refractivity contribution in [1.82, 2.24) is 14.6 Å². The number of carbonyl (C=O) groups is 1. The maximum atomic E-state index is 11.7. The lowest BCUT2D eigenvalue weighted by Crippen LogP contribution is -2.08. The zero-order chi connectivity index (χ0) is 10.1. The molecule has 0 aliphatic carbocycles. The average Bonchev–Trinajstić information content (AvgIpc) is 2.62. The summed E-state index contributed by atoms with van der Waals surface area (Å²) in [6, 6.07) is 3.58. The predicted octanol–water partition coefficient (Wildman–Crippen LogP) is 1.57. The first-order valence-corrected chi connectivity index (χ1v) is 4.52. The van der Waals surface area contributed by atoms with Gasteiger partial charge in [0, 0.05) is 17.7 Å². The molecule has 72 valence electrons. The minimum atomic E-state index is 0.0175. The molecule has 0 unspecified atom stereocenters. The second-order valence-electron chi connectivity index (χ2n) is 3.53. The number of rotatable bonds is 2. The highest BCUT2D eigenvalue weighted by atomic mass is 16.1. The van der Waals surface area contributed by atoms with E-state index in [0.29, 0.717) is 5.56 Å². The third kappa shape index (κ3) is 1.39. The van der Waals surface area contributed by atoms with Gasteiger partial charge in [-0.3, -0.25) is 9.20 Å². The van der Waals surface area contributed by atoms with Crippen LogP contribution in [0.4, 0.5) is 0 Å². The Labute approximate surface area is 81.6 Å². The van der Waals surface area contributed by atoms with Gasteiger partial charge in [0.25, 0.3) is 0 Å². The van der Waals surface area contributed by atoms with Crippen LogP contribution in [0.2, 0.25) is 0 Å². The molecule has 0 saturated carbocycles. The quantitative estimate of drug-likeness (QED) is 0.673. The molecule has 2 aromatic rings. The Kier molecular flexibility index (Phi) is 2.04. The molecular formula is C10H11N3O. The molecule has 0 N–H and O–H groups in total. The fraction of sp³-hybridized carbons (Fsp3) is 0.300. The van der Waals surface area contributed by atoms with Gasteiger partial charge in [0.05, 0.1) is 0 Å². The number of ketones is 1. The molecule has 0 aliphatic rings. The number of hydrogen-bond acceptors (Lipinski definition) is 3. The summed E-state index contributed by atoms with van der Waals surface area (Å²) >= 11 is 0. The average molecular weight is 189 g/mol. The minimum Gasteiger partial charge on any atom is -0.294 e. The van der Waals surface area contributed by atoms with Crippen molar-refractivity contribution in [2.45, 2.75) is 13.8 Å². The highest BCUT2D eigenvalue weighted by Crippen LogP contribution is 2.09. The van der Waals surface area contributed by atoms with Gasteiger partial charge in [0.15, 0.2) is 11.4 Å². The standard InChI is InChI=1S/C10H11N3O/c1-7(2)10(14)8-3-4-9-12-11-6-13(9)5-8/h3-7H,1-2H3. The van der Waals surface area contributed by atoms with E-state index in [4.69, 9.17) is 0 Å². The molecule has 0 atom stereocenters. The summed E-state index contributed by atoms with van der Waals surface area (Å²) in [5, 5.41) is 7.61. The van der Waals surface area contributed by atoms with Crippen molar-refractivity contribution in [3.05, 3.63) is 30.2 Å². The van der Waals surface area contributed by atoms with Crippen LogP contribution in [-0.4, -0.2) is 20.4 Å². The molecule has 14 heavy (non-hydrogen) atoms. The van der Waals surface area contributed by atoms with E-state index in [9.17, 15) is 4.79 Å². The van der Waals surface area contributed by atoms with Crippen LogP contribution in [0.15, 0.2) is 24.7 Å². The molecule has 0 fully saturated rings. The summed E-state index contributed by atoms with van der Waals surface area (Å²) in [5.41, 5.74) is 1.46. The van der Waals surface area contributed by atoms with Crippen LogP contribution in [0.3, 0.4) is 0 Å². The van der Waals surface area contributed by atoms with Crippen LogP contribution in [0.25, 0.3) is 5.65 Å². The van der Waals surface area contributed by atoms with Gasteiger partial charge in [-0.2, -0.15) is 0 Å². The Morgan fingerprint density at radius 3 is 2.93 bits per heavy atom. The molecule has 0 amide bonds. The van der Waals surface area contributed by atoms with Crippen molar-refractivity contribution in [2.75, 3.05) is 0 Å². The zero-order valence-corrected chi connectivity index (χ0v) is 8.14. The van der Waals surface area contributed by atoms with Crippen molar-refractivity contribution >= 4 is 11.4 Å². The van der Waals surface area contributed by atoms with Gasteiger partial charge in [-0.25, -0.2) is 0 Å². The highest BCUT2D eigenvalue weighted by Gasteiger charge is 2.10. The zero-order valence-electron chi connectivity index (χ0n) is 8.14. The number of aromatic nitrogens is 3. The van der Waals surface area contributed by atoms with Crippen LogP contribution in [-0.2, 0) is 0 Å². The van der Waals surface area contributed by atoms with Gasteiger partial charge in [-0.05, 0) is 12.1 Å². The fourth-order valence-electron chi connectivity index (χ4n) is 1.31. The van der Waals surface area contributed by atoms with E-state index in [0.717, 1.165) is 5.65 Å². The van der Waals surface area contributed by atoms with Crippen molar-refractivity contribution in [1.29, 1.82) is 0 Å². The molecule has 0 saturated heterocycles. The van der Waals surface area contributed by atoms with Crippen molar-refractivity contribution in [3.8, 4) is 0 Å². The lowest BCUT2D eigenvalue weighted by Gasteiger charge is -2.03. The summed E-state index contributed by atoms with van der Waals surface area (Å²) in [5.74, 6) is 0.157. The first kappa shape index (κ1) is 8.87. The molecule has 2 aromatic heterocycles. The second-order valence-corrected chi connectivity index (χ2v) is 3.53. The van der Waals surface area contributed by atoms with Gasteiger partial charge >= 0.3 is 0 Å². The number of hydrogen-bond donors (Lipinski definition) is 0. The van der Waals surface area contributed by atoms with E-state index >= 15 is 0 Å². The molecule has 0 radical (unpaired) electrons. The Hall–Kier alpha value is -1.71. The summed E-state index contributed by atoms with van der Waals surface area (Å²) in [6.07, 6.45) is 3.35. The Bertz CT molecular complexity index is 473. The van der Waals surface area contributed by atoms with Gasteiger partial charge < -0.3 is 0 Å². The number of fused-ring (bicyclic) bond motifs is 1. The van der Waals surface area contributed by atoms with Gasteiger partial charge in [0.1, 0.15) is 6.33 Å². The Morgan fingerprint density at radius 2 is 2.21 bits per heavy atom. The smallest absolute Gasteiger partial charge is 0.166 e. The fourth-order valence-corrected chi connectivity index (χ4v) is 1.31. The van der Waals surface area contributed by atoms with Crippen LogP contribution in [0.5, 0.6) is 0 Å². The van der Waals surface area contributed by atoms with Crippen molar-refractivity contribution in [2.24, 2.45) is 5.92 Å². The Balaban J connectivity index is 2.48. The van der Waals surface area contributed by atoms with Gasteiger partial charge in [-0.15, -0.1) is 10.2 Å². The molecule has 0 bridgehead atoms. The molecule has 2 rings (SSSR count). The van der Waals surface area contributed by atoms with Crippen LogP contribution >= 0.6 is 0 Å². The van der Waals surface area contributed by atoms with Gasteiger partial charge in [-0.1, -0.05) is 13.8 Å². The summed E-state index contributed by atoms with van der Waals surface area (Å²) in [4.78, 5) is 11.7. The molecule has 0 aliphatic heterocycles. The van der Waals surface area contributed by atoms with Crippen LogP contribution in [0.1, 0.15) is 24.2 Å². The number of nitrogens with zero attached hydrogens (tertiary/aromatic N) is 3. The van der Waals surface area contributed by atoms with Crippen molar-refractivity contribution < 1.29 is 4.79 Å². The molecular weight excluding hydrogens is 178 g/mol. The van der Waals surface area contributed by atoms with E-state index in [-0.39, 0.29) is 11.7 Å². The maximum Gasteiger partial charge on any atom is 0.166 e. The van der Waals surface area contributed by atoms with Crippen LogP contribution in [0, 0.1) is 5.92 Å². The van der Waals surface area contributed by atoms with E-state index in [2.05, 4.69) is 10.2 Å². The minimum absolute atomic E-state index is 0.0175. The number of Topliss-reactive ketones (excluding diaryl/α,β-unsaturated/α-hetero) is 1. The van der Waals surface area contributed by atoms with Crippen molar-refractivity contribution in [3.63, 3.8) is 0 Å². The first-order valence-electron chi connectivity index (χ1n) is 4.52. The van der Waals surface area contributed by atoms with E-state index in [1.807, 2.05) is 13.8 Å². The third-order valence-corrected chi connectivity index (χ3v) is 2.10. The summed E-state index contributed by atoms with van der Waals surface area (Å²) < 4.78 is 1.75. The van der Waals surface area contributed by atoms with E-state index in [1.165, 1.54) is 0 Å². The van der Waals surface area contributed by atoms with Gasteiger partial charge in [0.2, 0.25) is 0 Å². The molecule has 0 spiro atoms. The third-order valence-electron chi connectivity index (χ3n) is 2.10. The van der Waals surface area contributed by atoms with E-state index < -0.39 is 0 Å². The van der Waals surface area contributed by atoms with Crippen LogP contribution < -0.4 is 0 Å². The molecule has 0 aromatic carbocycles. The monoisotopic (exact) mass is 189 g/mol. The maximum absolute atomic E-state index is 11.7. The summed E-state index contributed by atoms with van der Waals surface area (Å²) in [6.45, 7) is 3.78. The molecule has 4 nitrogen and oxygen atoms in total. The largest absolute Gasteiger partial charge is 0.294 e.